The topological polar surface area (TPSA) is 80.4 Å². The monoisotopic (exact) mass is 251 g/mol. The summed E-state index contributed by atoms with van der Waals surface area (Å²) in [7, 11) is 0. The molecule has 0 aliphatic heterocycles. The number of nitro groups is 1. The number of nitro benzene ring substituents is 1. The van der Waals surface area contributed by atoms with E-state index in [9.17, 15) is 20.0 Å². The van der Waals surface area contributed by atoms with Crippen LogP contribution in [0, 0.1) is 21.4 Å². The molecule has 0 heterocycles. The van der Waals surface area contributed by atoms with Gasteiger partial charge in [-0.15, -0.1) is 0 Å². The maximum absolute atomic E-state index is 11.2. The van der Waals surface area contributed by atoms with Gasteiger partial charge in [0.1, 0.15) is 0 Å². The van der Waals surface area contributed by atoms with Gasteiger partial charge in [-0.05, 0) is 17.4 Å². The second kappa shape index (κ2) is 5.16. The van der Waals surface area contributed by atoms with Crippen molar-refractivity contribution >= 4 is 11.7 Å². The molecule has 0 bridgehead atoms. The highest BCUT2D eigenvalue weighted by Crippen LogP contribution is 2.30. The number of hydrogen-bond acceptors (Lipinski definition) is 3. The molecule has 1 rings (SSSR count). The summed E-state index contributed by atoms with van der Waals surface area (Å²) in [6.45, 7) is 5.55. The average molecular weight is 251 g/mol. The first-order valence-corrected chi connectivity index (χ1v) is 5.68. The zero-order chi connectivity index (χ0) is 13.9. The first-order chi connectivity index (χ1) is 8.21. The third-order valence-corrected chi connectivity index (χ3v) is 2.90. The molecule has 0 aliphatic rings. The minimum absolute atomic E-state index is 0.00875. The number of hydrogen-bond donors (Lipinski definition) is 1. The molecule has 0 saturated carbocycles. The van der Waals surface area contributed by atoms with Crippen LogP contribution in [0.2, 0.25) is 0 Å². The summed E-state index contributed by atoms with van der Waals surface area (Å²) in [5, 5.41) is 19.9. The summed E-state index contributed by atoms with van der Waals surface area (Å²) in [6.07, 6.45) is 0.292. The molecule has 5 nitrogen and oxygen atoms in total. The fourth-order valence-corrected chi connectivity index (χ4v) is 1.80. The molecular weight excluding hydrogens is 234 g/mol. The molecule has 1 unspecified atom stereocenters. The maximum atomic E-state index is 11.2. The molecule has 1 aromatic rings. The van der Waals surface area contributed by atoms with Crippen molar-refractivity contribution < 1.29 is 14.8 Å². The Morgan fingerprint density at radius 3 is 2.50 bits per heavy atom. The summed E-state index contributed by atoms with van der Waals surface area (Å²) in [5.74, 6) is -1.45. The summed E-state index contributed by atoms with van der Waals surface area (Å²) in [4.78, 5) is 21.4. The largest absolute Gasteiger partial charge is 0.481 e. The Kier molecular flexibility index (Phi) is 4.06. The van der Waals surface area contributed by atoms with Gasteiger partial charge in [0, 0.05) is 12.1 Å². The third-order valence-electron chi connectivity index (χ3n) is 2.90. The minimum Gasteiger partial charge on any atom is -0.481 e. The van der Waals surface area contributed by atoms with Crippen LogP contribution in [-0.2, 0) is 11.2 Å². The van der Waals surface area contributed by atoms with E-state index < -0.39 is 22.2 Å². The van der Waals surface area contributed by atoms with E-state index >= 15 is 0 Å². The van der Waals surface area contributed by atoms with E-state index in [1.165, 1.54) is 12.1 Å². The van der Waals surface area contributed by atoms with E-state index in [1.54, 1.807) is 12.1 Å². The zero-order valence-electron chi connectivity index (χ0n) is 10.7. The highest BCUT2D eigenvalue weighted by Gasteiger charge is 2.31. The molecule has 0 amide bonds. The van der Waals surface area contributed by atoms with Gasteiger partial charge in [-0.3, -0.25) is 14.9 Å². The van der Waals surface area contributed by atoms with Crippen molar-refractivity contribution in [2.45, 2.75) is 27.2 Å². The third kappa shape index (κ3) is 3.55. The van der Waals surface area contributed by atoms with Crippen molar-refractivity contribution in [2.75, 3.05) is 0 Å². The number of aliphatic carboxylic acids is 1. The highest BCUT2D eigenvalue weighted by atomic mass is 16.6. The van der Waals surface area contributed by atoms with Crippen molar-refractivity contribution in [2.24, 2.45) is 11.3 Å². The average Bonchev–Trinajstić information content (AvgIpc) is 2.24. The van der Waals surface area contributed by atoms with Gasteiger partial charge in [-0.25, -0.2) is 0 Å². The Bertz CT molecular complexity index is 462. The minimum atomic E-state index is -0.881. The van der Waals surface area contributed by atoms with Gasteiger partial charge >= 0.3 is 5.97 Å². The summed E-state index contributed by atoms with van der Waals surface area (Å²) in [5.41, 5.74) is 0.272. The Morgan fingerprint density at radius 1 is 1.44 bits per heavy atom. The molecule has 5 heteroatoms. The summed E-state index contributed by atoms with van der Waals surface area (Å²) >= 11 is 0. The van der Waals surface area contributed by atoms with E-state index in [1.807, 2.05) is 20.8 Å². The van der Waals surface area contributed by atoms with E-state index in [4.69, 9.17) is 0 Å². The highest BCUT2D eigenvalue weighted by molar-refractivity contribution is 5.71. The SMILES string of the molecule is CC(C)(C)C(Cc1cccc([N+](=O)[O-])c1)C(=O)O. The van der Waals surface area contributed by atoms with Crippen molar-refractivity contribution in [3.8, 4) is 0 Å². The first kappa shape index (κ1) is 14.2. The Morgan fingerprint density at radius 2 is 2.06 bits per heavy atom. The summed E-state index contributed by atoms with van der Waals surface area (Å²) < 4.78 is 0. The molecule has 0 radical (unpaired) electrons. The van der Waals surface area contributed by atoms with Gasteiger partial charge in [0.25, 0.3) is 5.69 Å². The van der Waals surface area contributed by atoms with E-state index in [0.717, 1.165) is 0 Å². The van der Waals surface area contributed by atoms with E-state index in [2.05, 4.69) is 0 Å². The first-order valence-electron chi connectivity index (χ1n) is 5.68. The molecule has 1 atom stereocenters. The van der Waals surface area contributed by atoms with Crippen LogP contribution in [0.4, 0.5) is 5.69 Å². The number of rotatable bonds is 4. The number of non-ortho nitro benzene ring substituents is 1. The Balaban J connectivity index is 2.98. The lowest BCUT2D eigenvalue weighted by Crippen LogP contribution is -2.30. The number of nitrogens with zero attached hydrogens (tertiary/aromatic N) is 1. The van der Waals surface area contributed by atoms with Crippen LogP contribution in [0.25, 0.3) is 0 Å². The molecule has 98 valence electrons. The number of benzene rings is 1. The van der Waals surface area contributed by atoms with Crippen LogP contribution in [0.5, 0.6) is 0 Å². The van der Waals surface area contributed by atoms with Crippen molar-refractivity contribution in [3.63, 3.8) is 0 Å². The Hall–Kier alpha value is -1.91. The normalized spacial score (nSPS) is 13.1. The van der Waals surface area contributed by atoms with Gasteiger partial charge in [0.2, 0.25) is 0 Å². The van der Waals surface area contributed by atoms with Crippen LogP contribution < -0.4 is 0 Å². The van der Waals surface area contributed by atoms with Crippen molar-refractivity contribution in [1.29, 1.82) is 0 Å². The van der Waals surface area contributed by atoms with Gasteiger partial charge in [0.05, 0.1) is 10.8 Å². The lowest BCUT2D eigenvalue weighted by molar-refractivity contribution is -0.384. The van der Waals surface area contributed by atoms with Crippen LogP contribution in [-0.4, -0.2) is 16.0 Å². The molecule has 1 aromatic carbocycles. The maximum Gasteiger partial charge on any atom is 0.307 e. The van der Waals surface area contributed by atoms with Crippen molar-refractivity contribution in [1.82, 2.24) is 0 Å². The second-order valence-electron chi connectivity index (χ2n) is 5.39. The number of carboxylic acids is 1. The molecular formula is C13H17NO4. The lowest BCUT2D eigenvalue weighted by Gasteiger charge is -2.27. The summed E-state index contributed by atoms with van der Waals surface area (Å²) in [6, 6.07) is 6.13. The molecule has 18 heavy (non-hydrogen) atoms. The van der Waals surface area contributed by atoms with Crippen LogP contribution in [0.15, 0.2) is 24.3 Å². The van der Waals surface area contributed by atoms with Crippen LogP contribution >= 0.6 is 0 Å². The molecule has 0 aromatic heterocycles. The standard InChI is InChI=1S/C13H17NO4/c1-13(2,3)11(12(15)16)8-9-5-4-6-10(7-9)14(17)18/h4-7,11H,8H2,1-3H3,(H,15,16). The van der Waals surface area contributed by atoms with Gasteiger partial charge in [-0.1, -0.05) is 32.9 Å². The van der Waals surface area contributed by atoms with Gasteiger partial charge in [0.15, 0.2) is 0 Å². The molecule has 0 aliphatic carbocycles. The predicted octanol–water partition coefficient (Wildman–Crippen LogP) is 2.88. The Labute approximate surface area is 106 Å². The van der Waals surface area contributed by atoms with Gasteiger partial charge < -0.3 is 5.11 Å². The smallest absolute Gasteiger partial charge is 0.307 e. The lowest BCUT2D eigenvalue weighted by atomic mass is 9.77. The number of carboxylic acid groups (broad SMARTS) is 1. The molecule has 0 fully saturated rings. The van der Waals surface area contributed by atoms with Crippen LogP contribution in [0.3, 0.4) is 0 Å². The van der Waals surface area contributed by atoms with Gasteiger partial charge in [-0.2, -0.15) is 0 Å². The van der Waals surface area contributed by atoms with Crippen LogP contribution in [0.1, 0.15) is 26.3 Å². The quantitative estimate of drug-likeness (QED) is 0.659. The molecule has 0 saturated heterocycles. The second-order valence-corrected chi connectivity index (χ2v) is 5.39. The fourth-order valence-electron chi connectivity index (χ4n) is 1.80. The predicted molar refractivity (Wildman–Crippen MR) is 67.4 cm³/mol. The molecule has 1 N–H and O–H groups in total. The van der Waals surface area contributed by atoms with E-state index in [-0.39, 0.29) is 5.69 Å². The number of carbonyl (C=O) groups is 1. The van der Waals surface area contributed by atoms with Crippen molar-refractivity contribution in [3.05, 3.63) is 39.9 Å². The fraction of sp³-hybridized carbons (Fsp3) is 0.462. The molecule has 0 spiro atoms. The van der Waals surface area contributed by atoms with E-state index in [0.29, 0.717) is 12.0 Å². The zero-order valence-corrected chi connectivity index (χ0v) is 10.7.